The van der Waals surface area contributed by atoms with Gasteiger partial charge in [0.25, 0.3) is 0 Å². The fourth-order valence-corrected chi connectivity index (χ4v) is 1.28. The van der Waals surface area contributed by atoms with Crippen LogP contribution in [0, 0.1) is 0 Å². The van der Waals surface area contributed by atoms with E-state index in [-0.39, 0.29) is 0 Å². The molecular weight excluding hydrogens is 210 g/mol. The molecule has 2 heteroatoms. The molecule has 0 atom stereocenters. The van der Waals surface area contributed by atoms with Gasteiger partial charge in [-0.2, -0.15) is 0 Å². The summed E-state index contributed by atoms with van der Waals surface area (Å²) in [6.07, 6.45) is 1.65. The molecular formula is C15H17NO. The number of hydrogen-bond acceptors (Lipinski definition) is 2. The molecule has 2 aromatic carbocycles. The van der Waals surface area contributed by atoms with Gasteiger partial charge in [0.1, 0.15) is 5.75 Å². The first-order valence-corrected chi connectivity index (χ1v) is 5.43. The fraction of sp³-hybridized carbons (Fsp3) is 0.0667. The van der Waals surface area contributed by atoms with Crippen molar-refractivity contribution in [1.82, 2.24) is 0 Å². The third kappa shape index (κ3) is 4.53. The highest BCUT2D eigenvalue weighted by Gasteiger charge is 1.94. The molecule has 0 bridgehead atoms. The van der Waals surface area contributed by atoms with Gasteiger partial charge in [-0.25, -0.2) is 0 Å². The molecule has 0 fully saturated rings. The van der Waals surface area contributed by atoms with Crippen LogP contribution in [0.2, 0.25) is 0 Å². The van der Waals surface area contributed by atoms with E-state index in [1.807, 2.05) is 42.5 Å². The SMILES string of the molecule is C=CCN.Oc1ccc(-c2ccccc2)cc1. The monoisotopic (exact) mass is 227 g/mol. The van der Waals surface area contributed by atoms with Crippen LogP contribution >= 0.6 is 0 Å². The lowest BCUT2D eigenvalue weighted by Crippen LogP contribution is -1.90. The number of hydrogen-bond donors (Lipinski definition) is 2. The highest BCUT2D eigenvalue weighted by atomic mass is 16.3. The number of aromatic hydroxyl groups is 1. The van der Waals surface area contributed by atoms with Crippen molar-refractivity contribution in [1.29, 1.82) is 0 Å². The van der Waals surface area contributed by atoms with E-state index >= 15 is 0 Å². The molecule has 2 aromatic rings. The van der Waals surface area contributed by atoms with Gasteiger partial charge >= 0.3 is 0 Å². The minimum Gasteiger partial charge on any atom is -0.508 e. The van der Waals surface area contributed by atoms with Crippen LogP contribution in [-0.4, -0.2) is 11.7 Å². The maximum absolute atomic E-state index is 9.10. The predicted molar refractivity (Wildman–Crippen MR) is 72.8 cm³/mol. The van der Waals surface area contributed by atoms with Crippen molar-refractivity contribution in [3.8, 4) is 16.9 Å². The fourth-order valence-electron chi connectivity index (χ4n) is 1.28. The molecule has 0 aliphatic carbocycles. The second kappa shape index (κ2) is 7.25. The smallest absolute Gasteiger partial charge is 0.115 e. The van der Waals surface area contributed by atoms with Crippen molar-refractivity contribution in [2.24, 2.45) is 5.73 Å². The Labute approximate surface area is 102 Å². The number of nitrogens with two attached hydrogens (primary N) is 1. The van der Waals surface area contributed by atoms with Crippen molar-refractivity contribution < 1.29 is 5.11 Å². The zero-order chi connectivity index (χ0) is 12.5. The summed E-state index contributed by atoms with van der Waals surface area (Å²) < 4.78 is 0. The first kappa shape index (κ1) is 13.0. The summed E-state index contributed by atoms with van der Waals surface area (Å²) >= 11 is 0. The van der Waals surface area contributed by atoms with Gasteiger partial charge in [0.2, 0.25) is 0 Å². The lowest BCUT2D eigenvalue weighted by molar-refractivity contribution is 0.475. The first-order chi connectivity index (χ1) is 8.27. The molecule has 0 spiro atoms. The van der Waals surface area contributed by atoms with Crippen LogP contribution in [0.3, 0.4) is 0 Å². The van der Waals surface area contributed by atoms with Crippen LogP contribution in [0.25, 0.3) is 11.1 Å². The van der Waals surface area contributed by atoms with Gasteiger partial charge in [0, 0.05) is 6.54 Å². The van der Waals surface area contributed by atoms with Crippen LogP contribution in [0.1, 0.15) is 0 Å². The van der Waals surface area contributed by atoms with Gasteiger partial charge in [-0.1, -0.05) is 48.5 Å². The highest BCUT2D eigenvalue weighted by Crippen LogP contribution is 2.20. The molecule has 0 unspecified atom stereocenters. The zero-order valence-corrected chi connectivity index (χ0v) is 9.71. The van der Waals surface area contributed by atoms with E-state index in [4.69, 9.17) is 10.8 Å². The summed E-state index contributed by atoms with van der Waals surface area (Å²) in [7, 11) is 0. The van der Waals surface area contributed by atoms with Crippen LogP contribution < -0.4 is 5.73 Å². The number of phenols is 1. The maximum atomic E-state index is 9.10. The van der Waals surface area contributed by atoms with Gasteiger partial charge in [0.05, 0.1) is 0 Å². The summed E-state index contributed by atoms with van der Waals surface area (Å²) in [6, 6.07) is 17.3. The van der Waals surface area contributed by atoms with Crippen LogP contribution in [0.5, 0.6) is 5.75 Å². The van der Waals surface area contributed by atoms with Gasteiger partial charge in [-0.3, -0.25) is 0 Å². The normalized spacial score (nSPS) is 9.00. The van der Waals surface area contributed by atoms with Crippen molar-refractivity contribution in [3.63, 3.8) is 0 Å². The molecule has 0 aliphatic heterocycles. The Kier molecular flexibility index (Phi) is 5.55. The van der Waals surface area contributed by atoms with Gasteiger partial charge in [-0.05, 0) is 23.3 Å². The summed E-state index contributed by atoms with van der Waals surface area (Å²) in [4.78, 5) is 0. The Balaban J connectivity index is 0.000000317. The lowest BCUT2D eigenvalue weighted by Gasteiger charge is -2.00. The summed E-state index contributed by atoms with van der Waals surface area (Å²) in [5.41, 5.74) is 7.20. The van der Waals surface area contributed by atoms with Crippen molar-refractivity contribution in [2.45, 2.75) is 0 Å². The Bertz CT molecular complexity index is 434. The molecule has 88 valence electrons. The van der Waals surface area contributed by atoms with Crippen molar-refractivity contribution in [3.05, 3.63) is 67.3 Å². The van der Waals surface area contributed by atoms with Crippen molar-refractivity contribution in [2.75, 3.05) is 6.54 Å². The van der Waals surface area contributed by atoms with Gasteiger partial charge in [0.15, 0.2) is 0 Å². The van der Waals surface area contributed by atoms with Crippen LogP contribution in [0.15, 0.2) is 67.3 Å². The van der Waals surface area contributed by atoms with Crippen LogP contribution in [0.4, 0.5) is 0 Å². The van der Waals surface area contributed by atoms with Crippen LogP contribution in [-0.2, 0) is 0 Å². The highest BCUT2D eigenvalue weighted by molar-refractivity contribution is 5.63. The number of benzene rings is 2. The second-order valence-corrected chi connectivity index (χ2v) is 3.44. The molecule has 0 radical (unpaired) electrons. The van der Waals surface area contributed by atoms with E-state index in [0.717, 1.165) is 5.56 Å². The quantitative estimate of drug-likeness (QED) is 0.774. The van der Waals surface area contributed by atoms with Crippen molar-refractivity contribution >= 4 is 0 Å². The molecule has 0 saturated carbocycles. The summed E-state index contributed by atoms with van der Waals surface area (Å²) in [5, 5.41) is 9.10. The average molecular weight is 227 g/mol. The first-order valence-electron chi connectivity index (χ1n) is 5.43. The largest absolute Gasteiger partial charge is 0.508 e. The topological polar surface area (TPSA) is 46.2 Å². The minimum atomic E-state index is 0.305. The maximum Gasteiger partial charge on any atom is 0.115 e. The van der Waals surface area contributed by atoms with Gasteiger partial charge in [-0.15, -0.1) is 6.58 Å². The molecule has 2 nitrogen and oxygen atoms in total. The van der Waals surface area contributed by atoms with Gasteiger partial charge < -0.3 is 10.8 Å². The van der Waals surface area contributed by atoms with E-state index in [1.165, 1.54) is 5.56 Å². The molecule has 0 aliphatic rings. The van der Waals surface area contributed by atoms with E-state index in [9.17, 15) is 0 Å². The standard InChI is InChI=1S/C12H10O.C3H7N/c13-12-8-6-11(7-9-12)10-4-2-1-3-5-10;1-2-3-4/h1-9,13H;2H,1,3-4H2. The number of rotatable bonds is 2. The van der Waals surface area contributed by atoms with E-state index < -0.39 is 0 Å². The minimum absolute atomic E-state index is 0.305. The predicted octanol–water partition coefficient (Wildman–Crippen LogP) is 3.19. The molecule has 3 N–H and O–H groups in total. The zero-order valence-electron chi connectivity index (χ0n) is 9.71. The summed E-state index contributed by atoms with van der Waals surface area (Å²) in [5.74, 6) is 0.305. The number of phenolic OH excluding ortho intramolecular Hbond substituents is 1. The van der Waals surface area contributed by atoms with E-state index in [1.54, 1.807) is 18.2 Å². The Morgan fingerprint density at radius 3 is 1.88 bits per heavy atom. The third-order valence-electron chi connectivity index (χ3n) is 2.14. The van der Waals surface area contributed by atoms with E-state index in [2.05, 4.69) is 6.58 Å². The second-order valence-electron chi connectivity index (χ2n) is 3.44. The Morgan fingerprint density at radius 2 is 1.41 bits per heavy atom. The molecule has 0 saturated heterocycles. The Hall–Kier alpha value is -2.06. The molecule has 0 amide bonds. The van der Waals surface area contributed by atoms with E-state index in [0.29, 0.717) is 12.3 Å². The average Bonchev–Trinajstić information content (AvgIpc) is 2.41. The molecule has 17 heavy (non-hydrogen) atoms. The third-order valence-corrected chi connectivity index (χ3v) is 2.14. The Morgan fingerprint density at radius 1 is 0.941 bits per heavy atom. The molecule has 2 rings (SSSR count). The lowest BCUT2D eigenvalue weighted by atomic mass is 10.1. The summed E-state index contributed by atoms with van der Waals surface area (Å²) in [6.45, 7) is 3.94. The molecule has 0 heterocycles. The molecule has 0 aromatic heterocycles.